The molecule has 1 heteroatoms. The molecule has 0 radical (unpaired) electrons. The fourth-order valence-electron chi connectivity index (χ4n) is 3.03. The quantitative estimate of drug-likeness (QED) is 0.452. The Hall–Kier alpha value is -2.80. The maximum atomic E-state index is 2.26. The number of benzene rings is 4. The minimum absolute atomic E-state index is 1.20. The van der Waals surface area contributed by atoms with Gasteiger partial charge in [0.1, 0.15) is 0 Å². The Kier molecular flexibility index (Phi) is 3.05. The lowest BCUT2D eigenvalue weighted by atomic mass is 10.1. The van der Waals surface area contributed by atoms with Crippen LogP contribution in [0.15, 0.2) is 84.9 Å². The second kappa shape index (κ2) is 5.19. The Balaban J connectivity index is 1.86. The van der Waals surface area contributed by atoms with Gasteiger partial charge in [-0.2, -0.15) is 0 Å². The third-order valence-corrected chi connectivity index (χ3v) is 4.25. The monoisotopic (exact) mass is 283 g/mol. The van der Waals surface area contributed by atoms with Gasteiger partial charge in [-0.15, -0.1) is 0 Å². The molecule has 0 heterocycles. The van der Waals surface area contributed by atoms with Gasteiger partial charge >= 0.3 is 0 Å². The average Bonchev–Trinajstić information content (AvgIpc) is 2.60. The minimum atomic E-state index is 1.20. The van der Waals surface area contributed by atoms with Crippen molar-refractivity contribution in [3.05, 3.63) is 84.9 Å². The van der Waals surface area contributed by atoms with Gasteiger partial charge in [0.15, 0.2) is 0 Å². The predicted molar refractivity (Wildman–Crippen MR) is 96.0 cm³/mol. The maximum absolute atomic E-state index is 2.26. The van der Waals surface area contributed by atoms with Crippen LogP contribution in [0.2, 0.25) is 0 Å². The summed E-state index contributed by atoms with van der Waals surface area (Å²) in [6.45, 7) is 0. The Morgan fingerprint density at radius 1 is 0.591 bits per heavy atom. The minimum Gasteiger partial charge on any atom is -0.344 e. The first-order chi connectivity index (χ1) is 10.8. The summed E-state index contributed by atoms with van der Waals surface area (Å²) in [5.74, 6) is 0. The van der Waals surface area contributed by atoms with E-state index in [-0.39, 0.29) is 0 Å². The van der Waals surface area contributed by atoms with Crippen molar-refractivity contribution >= 4 is 32.9 Å². The molecular formula is C21H17N. The van der Waals surface area contributed by atoms with Gasteiger partial charge in [-0.3, -0.25) is 0 Å². The number of anilines is 2. The lowest BCUT2D eigenvalue weighted by Gasteiger charge is -2.22. The fraction of sp³-hybridized carbons (Fsp3) is 0.0476. The molecule has 0 saturated heterocycles. The largest absolute Gasteiger partial charge is 0.344 e. The molecule has 0 bridgehead atoms. The van der Waals surface area contributed by atoms with Gasteiger partial charge in [-0.25, -0.2) is 0 Å². The van der Waals surface area contributed by atoms with Crippen molar-refractivity contribution in [1.82, 2.24) is 0 Å². The molecule has 4 aromatic rings. The van der Waals surface area contributed by atoms with Crippen molar-refractivity contribution in [2.24, 2.45) is 0 Å². The molecule has 22 heavy (non-hydrogen) atoms. The van der Waals surface area contributed by atoms with E-state index in [1.54, 1.807) is 0 Å². The van der Waals surface area contributed by atoms with Crippen LogP contribution in [0, 0.1) is 0 Å². The zero-order chi connectivity index (χ0) is 14.9. The van der Waals surface area contributed by atoms with Gasteiger partial charge < -0.3 is 4.90 Å². The first kappa shape index (κ1) is 12.9. The lowest BCUT2D eigenvalue weighted by molar-refractivity contribution is 1.23. The first-order valence-electron chi connectivity index (χ1n) is 7.53. The van der Waals surface area contributed by atoms with Crippen LogP contribution in [0.1, 0.15) is 0 Å². The predicted octanol–water partition coefficient (Wildman–Crippen LogP) is 5.76. The van der Waals surface area contributed by atoms with Crippen molar-refractivity contribution < 1.29 is 0 Å². The van der Waals surface area contributed by atoms with Gasteiger partial charge in [-0.05, 0) is 34.4 Å². The standard InChI is InChI=1S/C21H17N/c1-22(19-14-13-16-7-2-3-9-18(16)15-19)21-12-6-10-17-8-4-5-11-20(17)21/h2-15H,1H3. The Bertz CT molecular complexity index is 950. The van der Waals surface area contributed by atoms with E-state index in [1.807, 2.05) is 0 Å². The van der Waals surface area contributed by atoms with E-state index < -0.39 is 0 Å². The van der Waals surface area contributed by atoms with Crippen molar-refractivity contribution in [2.75, 3.05) is 11.9 Å². The van der Waals surface area contributed by atoms with Crippen molar-refractivity contribution in [1.29, 1.82) is 0 Å². The normalized spacial score (nSPS) is 11.0. The highest BCUT2D eigenvalue weighted by Crippen LogP contribution is 2.32. The fourth-order valence-corrected chi connectivity index (χ4v) is 3.03. The number of rotatable bonds is 2. The molecule has 0 aliphatic rings. The van der Waals surface area contributed by atoms with E-state index >= 15 is 0 Å². The molecule has 0 fully saturated rings. The Morgan fingerprint density at radius 2 is 1.27 bits per heavy atom. The van der Waals surface area contributed by atoms with Crippen LogP contribution in [0.25, 0.3) is 21.5 Å². The molecule has 1 nitrogen and oxygen atoms in total. The highest BCUT2D eigenvalue weighted by Gasteiger charge is 2.08. The van der Waals surface area contributed by atoms with Crippen LogP contribution in [0.5, 0.6) is 0 Å². The van der Waals surface area contributed by atoms with Gasteiger partial charge in [0, 0.05) is 23.8 Å². The van der Waals surface area contributed by atoms with E-state index in [1.165, 1.54) is 32.9 Å². The van der Waals surface area contributed by atoms with Crippen LogP contribution in [0.3, 0.4) is 0 Å². The molecule has 4 rings (SSSR count). The topological polar surface area (TPSA) is 3.24 Å². The SMILES string of the molecule is CN(c1ccc2ccccc2c1)c1cccc2ccccc12. The van der Waals surface area contributed by atoms with Gasteiger partial charge in [0.05, 0.1) is 0 Å². The van der Waals surface area contributed by atoms with Crippen molar-refractivity contribution in [3.63, 3.8) is 0 Å². The lowest BCUT2D eigenvalue weighted by Crippen LogP contribution is -2.09. The zero-order valence-electron chi connectivity index (χ0n) is 12.5. The third-order valence-electron chi connectivity index (χ3n) is 4.25. The van der Waals surface area contributed by atoms with E-state index in [9.17, 15) is 0 Å². The van der Waals surface area contributed by atoms with E-state index in [0.29, 0.717) is 0 Å². The molecule has 0 spiro atoms. The summed E-state index contributed by atoms with van der Waals surface area (Å²) in [5, 5.41) is 5.10. The number of hydrogen-bond donors (Lipinski definition) is 0. The zero-order valence-corrected chi connectivity index (χ0v) is 12.5. The van der Waals surface area contributed by atoms with E-state index in [0.717, 1.165) is 0 Å². The maximum Gasteiger partial charge on any atom is 0.0487 e. The van der Waals surface area contributed by atoms with Crippen molar-refractivity contribution in [3.8, 4) is 0 Å². The molecule has 0 amide bonds. The number of hydrogen-bond acceptors (Lipinski definition) is 1. The van der Waals surface area contributed by atoms with Gasteiger partial charge in [0.25, 0.3) is 0 Å². The Labute approximate surface area is 130 Å². The molecule has 0 unspecified atom stereocenters. The van der Waals surface area contributed by atoms with Gasteiger partial charge in [0.2, 0.25) is 0 Å². The summed E-state index contributed by atoms with van der Waals surface area (Å²) in [6.07, 6.45) is 0. The molecule has 0 N–H and O–H groups in total. The van der Waals surface area contributed by atoms with Crippen molar-refractivity contribution in [2.45, 2.75) is 0 Å². The summed E-state index contributed by atoms with van der Waals surface area (Å²) in [6, 6.07) is 30.1. The second-order valence-corrected chi connectivity index (χ2v) is 5.59. The second-order valence-electron chi connectivity index (χ2n) is 5.59. The number of fused-ring (bicyclic) bond motifs is 2. The molecule has 4 aromatic carbocycles. The molecule has 0 atom stereocenters. The van der Waals surface area contributed by atoms with Crippen LogP contribution in [-0.2, 0) is 0 Å². The van der Waals surface area contributed by atoms with Crippen LogP contribution < -0.4 is 4.90 Å². The van der Waals surface area contributed by atoms with Gasteiger partial charge in [-0.1, -0.05) is 66.7 Å². The van der Waals surface area contributed by atoms with Crippen LogP contribution in [-0.4, -0.2) is 7.05 Å². The molecule has 0 saturated carbocycles. The molecule has 106 valence electrons. The smallest absolute Gasteiger partial charge is 0.0487 e. The molecular weight excluding hydrogens is 266 g/mol. The summed E-state index contributed by atoms with van der Waals surface area (Å²) >= 11 is 0. The first-order valence-corrected chi connectivity index (χ1v) is 7.53. The highest BCUT2D eigenvalue weighted by molar-refractivity contribution is 5.97. The third kappa shape index (κ3) is 2.11. The van der Waals surface area contributed by atoms with Crippen LogP contribution in [0.4, 0.5) is 11.4 Å². The van der Waals surface area contributed by atoms with E-state index in [2.05, 4.69) is 96.9 Å². The average molecular weight is 283 g/mol. The molecule has 0 aliphatic carbocycles. The molecule has 0 aromatic heterocycles. The number of nitrogens with zero attached hydrogens (tertiary/aromatic N) is 1. The Morgan fingerprint density at radius 3 is 2.14 bits per heavy atom. The summed E-state index contributed by atoms with van der Waals surface area (Å²) in [4.78, 5) is 2.26. The summed E-state index contributed by atoms with van der Waals surface area (Å²) < 4.78 is 0. The highest BCUT2D eigenvalue weighted by atomic mass is 15.1. The summed E-state index contributed by atoms with van der Waals surface area (Å²) in [5.41, 5.74) is 2.43. The molecule has 0 aliphatic heterocycles. The van der Waals surface area contributed by atoms with E-state index in [4.69, 9.17) is 0 Å². The summed E-state index contributed by atoms with van der Waals surface area (Å²) in [7, 11) is 2.13. The van der Waals surface area contributed by atoms with Crippen LogP contribution >= 0.6 is 0 Å².